The molecule has 1 aromatic carbocycles. The summed E-state index contributed by atoms with van der Waals surface area (Å²) in [5.74, 6) is 0.799. The Bertz CT molecular complexity index is 408. The third kappa shape index (κ3) is 3.12. The van der Waals surface area contributed by atoms with Crippen LogP contribution < -0.4 is 4.74 Å². The van der Waals surface area contributed by atoms with Gasteiger partial charge >= 0.3 is 0 Å². The van der Waals surface area contributed by atoms with E-state index in [1.54, 1.807) is 25.5 Å². The summed E-state index contributed by atoms with van der Waals surface area (Å²) in [6.07, 6.45) is 3.29. The quantitative estimate of drug-likeness (QED) is 0.574. The van der Waals surface area contributed by atoms with E-state index in [0.29, 0.717) is 5.56 Å². The summed E-state index contributed by atoms with van der Waals surface area (Å²) in [4.78, 5) is 13.6. The number of hydrogen-bond acceptors (Lipinski definition) is 3. The Kier molecular flexibility index (Phi) is 4.11. The number of hydrogen-bond donors (Lipinski definition) is 0. The predicted molar refractivity (Wildman–Crippen MR) is 64.9 cm³/mol. The van der Waals surface area contributed by atoms with E-state index in [1.165, 1.54) is 0 Å². The summed E-state index contributed by atoms with van der Waals surface area (Å²) in [6, 6.07) is 5.42. The lowest BCUT2D eigenvalue weighted by Gasteiger charge is -2.06. The molecule has 0 bridgehead atoms. The highest BCUT2D eigenvalue weighted by Gasteiger charge is 2.04. The van der Waals surface area contributed by atoms with Crippen LogP contribution in [0.25, 0.3) is 0 Å². The topological polar surface area (TPSA) is 29.5 Å². The van der Waals surface area contributed by atoms with Gasteiger partial charge in [0.1, 0.15) is 5.75 Å². The van der Waals surface area contributed by atoms with Crippen LogP contribution in [-0.2, 0) is 0 Å². The summed E-state index contributed by atoms with van der Waals surface area (Å²) >= 11 is 0. The molecule has 86 valence electrons. The maximum absolute atomic E-state index is 11.7. The molecule has 0 spiro atoms. The molecular weight excluding hydrogens is 202 g/mol. The van der Waals surface area contributed by atoms with Gasteiger partial charge in [-0.2, -0.15) is 0 Å². The average molecular weight is 219 g/mol. The molecule has 0 saturated carbocycles. The van der Waals surface area contributed by atoms with E-state index >= 15 is 0 Å². The molecule has 0 aliphatic rings. The number of aryl methyl sites for hydroxylation is 1. The Labute approximate surface area is 96.3 Å². The second kappa shape index (κ2) is 5.35. The summed E-state index contributed by atoms with van der Waals surface area (Å²) in [5, 5.41) is 0. The monoisotopic (exact) mass is 219 g/mol. The first-order chi connectivity index (χ1) is 7.54. The Balaban J connectivity index is 2.89. The van der Waals surface area contributed by atoms with E-state index in [0.717, 1.165) is 11.3 Å². The molecule has 0 N–H and O–H groups in total. The van der Waals surface area contributed by atoms with Crippen LogP contribution in [0.5, 0.6) is 5.75 Å². The van der Waals surface area contributed by atoms with Crippen molar-refractivity contribution in [3.63, 3.8) is 0 Å². The summed E-state index contributed by atoms with van der Waals surface area (Å²) < 4.78 is 5.14. The van der Waals surface area contributed by atoms with Crippen LogP contribution in [0.4, 0.5) is 0 Å². The van der Waals surface area contributed by atoms with Crippen molar-refractivity contribution in [3.05, 3.63) is 41.6 Å². The van der Waals surface area contributed by atoms with Gasteiger partial charge in [-0.15, -0.1) is 0 Å². The second-order valence-electron chi connectivity index (χ2n) is 3.83. The number of rotatable bonds is 4. The van der Waals surface area contributed by atoms with Crippen LogP contribution in [0.15, 0.2) is 30.5 Å². The third-order valence-corrected chi connectivity index (χ3v) is 2.20. The molecule has 0 aliphatic heterocycles. The normalized spacial score (nSPS) is 10.5. The fourth-order valence-electron chi connectivity index (χ4n) is 1.34. The number of allylic oxidation sites excluding steroid dienone is 1. The van der Waals surface area contributed by atoms with Gasteiger partial charge in [0, 0.05) is 31.9 Å². The number of carbonyl (C=O) groups excluding carboxylic acids is 1. The predicted octanol–water partition coefficient (Wildman–Crippen LogP) is 2.26. The molecule has 16 heavy (non-hydrogen) atoms. The molecule has 0 saturated heterocycles. The lowest BCUT2D eigenvalue weighted by Crippen LogP contribution is -2.03. The summed E-state index contributed by atoms with van der Waals surface area (Å²) in [6.45, 7) is 1.92. The van der Waals surface area contributed by atoms with Crippen molar-refractivity contribution in [2.45, 2.75) is 6.92 Å². The molecule has 0 aromatic heterocycles. The number of ketones is 1. The molecule has 1 rings (SSSR count). The first kappa shape index (κ1) is 12.3. The first-order valence-electron chi connectivity index (χ1n) is 5.08. The Morgan fingerprint density at radius 3 is 2.56 bits per heavy atom. The zero-order chi connectivity index (χ0) is 12.1. The average Bonchev–Trinajstić information content (AvgIpc) is 2.25. The zero-order valence-electron chi connectivity index (χ0n) is 10.2. The van der Waals surface area contributed by atoms with Gasteiger partial charge in [-0.05, 0) is 30.7 Å². The number of ether oxygens (including phenoxy) is 1. The summed E-state index contributed by atoms with van der Waals surface area (Å²) in [5.41, 5.74) is 1.64. The van der Waals surface area contributed by atoms with Gasteiger partial charge in [-0.1, -0.05) is 0 Å². The van der Waals surface area contributed by atoms with Crippen LogP contribution >= 0.6 is 0 Å². The SMILES string of the molecule is COc1ccc(C(=O)/C=C/N(C)C)cc1C. The molecule has 0 aliphatic carbocycles. The van der Waals surface area contributed by atoms with Crippen LogP contribution in [0.3, 0.4) is 0 Å². The zero-order valence-corrected chi connectivity index (χ0v) is 10.2. The minimum atomic E-state index is -0.000506. The standard InChI is InChI=1S/C13H17NO2/c1-10-9-11(5-6-13(10)16-4)12(15)7-8-14(2)3/h5-9H,1-4H3/b8-7+. The van der Waals surface area contributed by atoms with E-state index in [2.05, 4.69) is 0 Å². The largest absolute Gasteiger partial charge is 0.496 e. The Morgan fingerprint density at radius 1 is 1.38 bits per heavy atom. The molecule has 0 amide bonds. The van der Waals surface area contributed by atoms with Crippen molar-refractivity contribution in [1.29, 1.82) is 0 Å². The molecule has 0 fully saturated rings. The maximum Gasteiger partial charge on any atom is 0.187 e. The number of carbonyl (C=O) groups is 1. The molecule has 1 aromatic rings. The molecule has 3 nitrogen and oxygen atoms in total. The number of nitrogens with zero attached hydrogens (tertiary/aromatic N) is 1. The minimum absolute atomic E-state index is 0.000506. The maximum atomic E-state index is 11.7. The highest BCUT2D eigenvalue weighted by atomic mass is 16.5. The molecular formula is C13H17NO2. The van der Waals surface area contributed by atoms with E-state index in [9.17, 15) is 4.79 Å². The molecule has 0 atom stereocenters. The van der Waals surface area contributed by atoms with Crippen LogP contribution in [0.1, 0.15) is 15.9 Å². The van der Waals surface area contributed by atoms with Gasteiger partial charge < -0.3 is 9.64 Å². The molecule has 0 unspecified atom stereocenters. The lowest BCUT2D eigenvalue weighted by molar-refractivity contribution is 0.104. The van der Waals surface area contributed by atoms with Crippen molar-refractivity contribution in [1.82, 2.24) is 4.90 Å². The molecule has 0 heterocycles. The van der Waals surface area contributed by atoms with Crippen LogP contribution in [-0.4, -0.2) is 31.9 Å². The Morgan fingerprint density at radius 2 is 2.06 bits per heavy atom. The highest BCUT2D eigenvalue weighted by molar-refractivity contribution is 6.04. The van der Waals surface area contributed by atoms with E-state index in [1.807, 2.05) is 38.1 Å². The summed E-state index contributed by atoms with van der Waals surface area (Å²) in [7, 11) is 5.38. The van der Waals surface area contributed by atoms with Crippen molar-refractivity contribution < 1.29 is 9.53 Å². The van der Waals surface area contributed by atoms with Gasteiger partial charge in [0.15, 0.2) is 5.78 Å². The fraction of sp³-hybridized carbons (Fsp3) is 0.308. The van der Waals surface area contributed by atoms with Crippen LogP contribution in [0.2, 0.25) is 0 Å². The van der Waals surface area contributed by atoms with Crippen molar-refractivity contribution >= 4 is 5.78 Å². The first-order valence-corrected chi connectivity index (χ1v) is 5.08. The van der Waals surface area contributed by atoms with Crippen molar-refractivity contribution in [3.8, 4) is 5.75 Å². The van der Waals surface area contributed by atoms with Gasteiger partial charge in [-0.25, -0.2) is 0 Å². The minimum Gasteiger partial charge on any atom is -0.496 e. The van der Waals surface area contributed by atoms with Gasteiger partial charge in [0.2, 0.25) is 0 Å². The Hall–Kier alpha value is -1.77. The van der Waals surface area contributed by atoms with E-state index < -0.39 is 0 Å². The van der Waals surface area contributed by atoms with Gasteiger partial charge in [-0.3, -0.25) is 4.79 Å². The second-order valence-corrected chi connectivity index (χ2v) is 3.83. The smallest absolute Gasteiger partial charge is 0.187 e. The lowest BCUT2D eigenvalue weighted by atomic mass is 10.1. The third-order valence-electron chi connectivity index (χ3n) is 2.20. The van der Waals surface area contributed by atoms with Crippen molar-refractivity contribution in [2.75, 3.05) is 21.2 Å². The van der Waals surface area contributed by atoms with Crippen molar-refractivity contribution in [2.24, 2.45) is 0 Å². The van der Waals surface area contributed by atoms with Gasteiger partial charge in [0.05, 0.1) is 7.11 Å². The van der Waals surface area contributed by atoms with Crippen LogP contribution in [0, 0.1) is 6.92 Å². The highest BCUT2D eigenvalue weighted by Crippen LogP contribution is 2.18. The fourth-order valence-corrected chi connectivity index (χ4v) is 1.34. The van der Waals surface area contributed by atoms with E-state index in [-0.39, 0.29) is 5.78 Å². The van der Waals surface area contributed by atoms with Gasteiger partial charge in [0.25, 0.3) is 0 Å². The molecule has 0 radical (unpaired) electrons. The van der Waals surface area contributed by atoms with E-state index in [4.69, 9.17) is 4.74 Å². The number of methoxy groups -OCH3 is 1. The molecule has 3 heteroatoms. The number of benzene rings is 1.